The van der Waals surface area contributed by atoms with Gasteiger partial charge in [0.15, 0.2) is 0 Å². The molecule has 1 rings (SSSR count). The summed E-state index contributed by atoms with van der Waals surface area (Å²) in [4.78, 5) is 0. The molecule has 1 aromatic carbocycles. The second kappa shape index (κ2) is 6.65. The van der Waals surface area contributed by atoms with E-state index in [9.17, 15) is 0 Å². The minimum atomic E-state index is 0.496. The number of ether oxygens (including phenoxy) is 1. The van der Waals surface area contributed by atoms with Crippen molar-refractivity contribution in [3.05, 3.63) is 28.8 Å². The molecule has 96 valence electrons. The Balaban J connectivity index is 2.94. The molecule has 0 saturated heterocycles. The van der Waals surface area contributed by atoms with Gasteiger partial charge in [-0.25, -0.2) is 0 Å². The van der Waals surface area contributed by atoms with Crippen molar-refractivity contribution in [2.45, 2.75) is 46.6 Å². The van der Waals surface area contributed by atoms with Crippen LogP contribution in [0.2, 0.25) is 0 Å². The summed E-state index contributed by atoms with van der Waals surface area (Å²) in [5.41, 5.74) is 3.98. The van der Waals surface area contributed by atoms with Crippen LogP contribution in [0.25, 0.3) is 0 Å². The van der Waals surface area contributed by atoms with Crippen LogP contribution in [-0.2, 0) is 6.54 Å². The van der Waals surface area contributed by atoms with Crippen LogP contribution in [0.1, 0.15) is 49.8 Å². The van der Waals surface area contributed by atoms with E-state index in [1.54, 1.807) is 7.11 Å². The van der Waals surface area contributed by atoms with Crippen LogP contribution < -0.4 is 10.1 Å². The maximum Gasteiger partial charge on any atom is 0.122 e. The molecular weight excluding hydrogens is 210 g/mol. The van der Waals surface area contributed by atoms with Gasteiger partial charge in [0.05, 0.1) is 7.11 Å². The van der Waals surface area contributed by atoms with Crippen molar-refractivity contribution in [1.29, 1.82) is 0 Å². The Morgan fingerprint density at radius 1 is 1.29 bits per heavy atom. The summed E-state index contributed by atoms with van der Waals surface area (Å²) >= 11 is 0. The molecule has 0 atom stereocenters. The summed E-state index contributed by atoms with van der Waals surface area (Å²) < 4.78 is 5.45. The number of methoxy groups -OCH3 is 1. The highest BCUT2D eigenvalue weighted by molar-refractivity contribution is 5.43. The quantitative estimate of drug-likeness (QED) is 0.760. The molecule has 0 fully saturated rings. The molecule has 0 amide bonds. The molecule has 2 heteroatoms. The summed E-state index contributed by atoms with van der Waals surface area (Å²) in [6, 6.07) is 4.43. The van der Waals surface area contributed by atoms with Gasteiger partial charge in [-0.3, -0.25) is 0 Å². The molecule has 0 spiro atoms. The number of hydrogen-bond donors (Lipinski definition) is 1. The van der Waals surface area contributed by atoms with E-state index in [0.717, 1.165) is 18.8 Å². The lowest BCUT2D eigenvalue weighted by molar-refractivity contribution is 0.407. The number of hydrogen-bond acceptors (Lipinski definition) is 2. The smallest absolute Gasteiger partial charge is 0.122 e. The third kappa shape index (κ3) is 3.74. The summed E-state index contributed by atoms with van der Waals surface area (Å²) in [6.07, 6.45) is 1.17. The fourth-order valence-electron chi connectivity index (χ4n) is 1.96. The standard InChI is InChI=1S/C15H25NO/c1-6-7-16-10-13-9-14(11(2)3)15(17-5)8-12(13)4/h8-9,11,16H,6-7,10H2,1-5H3. The van der Waals surface area contributed by atoms with Gasteiger partial charge in [-0.1, -0.05) is 26.8 Å². The van der Waals surface area contributed by atoms with Crippen molar-refractivity contribution in [2.24, 2.45) is 0 Å². The van der Waals surface area contributed by atoms with Gasteiger partial charge in [-0.15, -0.1) is 0 Å². The van der Waals surface area contributed by atoms with Gasteiger partial charge < -0.3 is 10.1 Å². The molecule has 0 bridgehead atoms. The third-order valence-corrected chi connectivity index (χ3v) is 3.05. The Morgan fingerprint density at radius 3 is 2.53 bits per heavy atom. The second-order valence-corrected chi connectivity index (χ2v) is 4.85. The number of nitrogens with one attached hydrogen (secondary N) is 1. The van der Waals surface area contributed by atoms with Crippen LogP contribution in [0.4, 0.5) is 0 Å². The fraction of sp³-hybridized carbons (Fsp3) is 0.600. The van der Waals surface area contributed by atoms with Crippen molar-refractivity contribution >= 4 is 0 Å². The van der Waals surface area contributed by atoms with Crippen molar-refractivity contribution in [3.8, 4) is 5.75 Å². The summed E-state index contributed by atoms with van der Waals surface area (Å²) in [5, 5.41) is 3.45. The van der Waals surface area contributed by atoms with E-state index < -0.39 is 0 Å². The van der Waals surface area contributed by atoms with Gasteiger partial charge in [0.2, 0.25) is 0 Å². The van der Waals surface area contributed by atoms with Crippen LogP contribution in [0, 0.1) is 6.92 Å². The lowest BCUT2D eigenvalue weighted by Crippen LogP contribution is -2.15. The van der Waals surface area contributed by atoms with Crippen molar-refractivity contribution in [1.82, 2.24) is 5.32 Å². The normalized spacial score (nSPS) is 10.9. The molecule has 2 nitrogen and oxygen atoms in total. The zero-order valence-electron chi connectivity index (χ0n) is 11.8. The average molecular weight is 235 g/mol. The Bertz CT molecular complexity index is 358. The topological polar surface area (TPSA) is 21.3 Å². The van der Waals surface area contributed by atoms with Crippen molar-refractivity contribution in [2.75, 3.05) is 13.7 Å². The van der Waals surface area contributed by atoms with Crippen molar-refractivity contribution < 1.29 is 4.74 Å². The molecule has 0 heterocycles. The van der Waals surface area contributed by atoms with Crippen LogP contribution >= 0.6 is 0 Å². The minimum absolute atomic E-state index is 0.496. The predicted octanol–water partition coefficient (Wildman–Crippen LogP) is 3.63. The first-order chi connectivity index (χ1) is 8.10. The van der Waals surface area contributed by atoms with Gasteiger partial charge in [-0.05, 0) is 48.6 Å². The maximum absolute atomic E-state index is 5.45. The minimum Gasteiger partial charge on any atom is -0.496 e. The van der Waals surface area contributed by atoms with E-state index >= 15 is 0 Å². The number of benzene rings is 1. The monoisotopic (exact) mass is 235 g/mol. The maximum atomic E-state index is 5.45. The highest BCUT2D eigenvalue weighted by Gasteiger charge is 2.10. The molecule has 0 aromatic heterocycles. The first-order valence-electron chi connectivity index (χ1n) is 6.48. The highest BCUT2D eigenvalue weighted by atomic mass is 16.5. The Kier molecular flexibility index (Phi) is 5.49. The van der Waals surface area contributed by atoms with E-state index in [-0.39, 0.29) is 0 Å². The summed E-state index contributed by atoms with van der Waals surface area (Å²) in [7, 11) is 1.75. The molecule has 0 aliphatic heterocycles. The molecule has 0 unspecified atom stereocenters. The van der Waals surface area contributed by atoms with Gasteiger partial charge in [0.25, 0.3) is 0 Å². The van der Waals surface area contributed by atoms with Crippen LogP contribution in [0.3, 0.4) is 0 Å². The van der Waals surface area contributed by atoms with Crippen LogP contribution in [0.15, 0.2) is 12.1 Å². The lowest BCUT2D eigenvalue weighted by Gasteiger charge is -2.16. The van der Waals surface area contributed by atoms with Gasteiger partial charge in [0.1, 0.15) is 5.75 Å². The predicted molar refractivity (Wildman–Crippen MR) is 73.8 cm³/mol. The van der Waals surface area contributed by atoms with E-state index in [0.29, 0.717) is 5.92 Å². The average Bonchev–Trinajstić information content (AvgIpc) is 2.30. The van der Waals surface area contributed by atoms with Crippen LogP contribution in [-0.4, -0.2) is 13.7 Å². The molecule has 1 N–H and O–H groups in total. The molecule has 0 radical (unpaired) electrons. The molecule has 0 aliphatic rings. The van der Waals surface area contributed by atoms with Gasteiger partial charge in [-0.2, -0.15) is 0 Å². The highest BCUT2D eigenvalue weighted by Crippen LogP contribution is 2.29. The Labute approximate surface area is 105 Å². The summed E-state index contributed by atoms with van der Waals surface area (Å²) in [6.45, 7) is 10.8. The second-order valence-electron chi connectivity index (χ2n) is 4.85. The Morgan fingerprint density at radius 2 is 2.00 bits per heavy atom. The largest absolute Gasteiger partial charge is 0.496 e. The van der Waals surface area contributed by atoms with E-state index in [1.165, 1.54) is 23.1 Å². The molecule has 1 aromatic rings. The van der Waals surface area contributed by atoms with Gasteiger partial charge in [0, 0.05) is 6.54 Å². The molecule has 17 heavy (non-hydrogen) atoms. The summed E-state index contributed by atoms with van der Waals surface area (Å²) in [5.74, 6) is 1.51. The Hall–Kier alpha value is -1.02. The van der Waals surface area contributed by atoms with Crippen LogP contribution in [0.5, 0.6) is 5.75 Å². The number of aryl methyl sites for hydroxylation is 1. The first-order valence-corrected chi connectivity index (χ1v) is 6.48. The fourth-order valence-corrected chi connectivity index (χ4v) is 1.96. The molecule has 0 aliphatic carbocycles. The zero-order chi connectivity index (χ0) is 12.8. The SMILES string of the molecule is CCCNCc1cc(C(C)C)c(OC)cc1C. The third-order valence-electron chi connectivity index (χ3n) is 3.05. The molecule has 0 saturated carbocycles. The zero-order valence-corrected chi connectivity index (χ0v) is 11.8. The lowest BCUT2D eigenvalue weighted by atomic mass is 9.96. The first kappa shape index (κ1) is 14.0. The van der Waals surface area contributed by atoms with E-state index in [1.807, 2.05) is 0 Å². The van der Waals surface area contributed by atoms with Gasteiger partial charge >= 0.3 is 0 Å². The van der Waals surface area contributed by atoms with Crippen molar-refractivity contribution in [3.63, 3.8) is 0 Å². The molecular formula is C15H25NO. The van der Waals surface area contributed by atoms with E-state index in [2.05, 4.69) is 45.1 Å². The number of rotatable bonds is 6. The van der Waals surface area contributed by atoms with E-state index in [4.69, 9.17) is 4.74 Å².